The normalized spacial score (nSPS) is 49.2. The van der Waals surface area contributed by atoms with E-state index in [-0.39, 0.29) is 0 Å². The Morgan fingerprint density at radius 3 is 2.92 bits per heavy atom. The molecular formula is C11H19NO. The zero-order chi connectivity index (χ0) is 9.05. The Morgan fingerprint density at radius 2 is 2.23 bits per heavy atom. The van der Waals surface area contributed by atoms with Crippen molar-refractivity contribution in [2.45, 2.75) is 57.4 Å². The smallest absolute Gasteiger partial charge is 0.111 e. The number of nitrogens with zero attached hydrogens (tertiary/aromatic N) is 1. The molecule has 0 aromatic carbocycles. The highest BCUT2D eigenvalue weighted by atomic mass is 16.5. The minimum atomic E-state index is 0.433. The molecule has 13 heavy (non-hydrogen) atoms. The lowest BCUT2D eigenvalue weighted by Crippen LogP contribution is -2.54. The highest BCUT2D eigenvalue weighted by Gasteiger charge is 2.60. The average molecular weight is 181 g/mol. The van der Waals surface area contributed by atoms with Gasteiger partial charge in [0.05, 0.1) is 11.6 Å². The van der Waals surface area contributed by atoms with Gasteiger partial charge in [-0.25, -0.2) is 0 Å². The van der Waals surface area contributed by atoms with Crippen molar-refractivity contribution < 1.29 is 4.74 Å². The Kier molecular flexibility index (Phi) is 1.58. The van der Waals surface area contributed by atoms with Crippen molar-refractivity contribution in [3.8, 4) is 0 Å². The third-order valence-corrected chi connectivity index (χ3v) is 4.41. The van der Waals surface area contributed by atoms with Crippen LogP contribution in [0, 0.1) is 5.92 Å². The molecule has 2 bridgehead atoms. The fraction of sp³-hybridized carbons (Fsp3) is 1.00. The van der Waals surface area contributed by atoms with Gasteiger partial charge in [0, 0.05) is 6.54 Å². The Bertz CT molecular complexity index is 228. The number of piperidine rings is 1. The molecule has 0 aromatic heterocycles. The monoisotopic (exact) mass is 181 g/mol. The number of rotatable bonds is 1. The summed E-state index contributed by atoms with van der Waals surface area (Å²) in [6.45, 7) is 6.00. The minimum absolute atomic E-state index is 0.433. The van der Waals surface area contributed by atoms with Gasteiger partial charge in [-0.1, -0.05) is 13.8 Å². The van der Waals surface area contributed by atoms with Crippen LogP contribution >= 0.6 is 0 Å². The molecule has 3 aliphatic heterocycles. The van der Waals surface area contributed by atoms with Gasteiger partial charge in [0.2, 0.25) is 0 Å². The van der Waals surface area contributed by atoms with Gasteiger partial charge in [0.1, 0.15) is 6.23 Å². The van der Waals surface area contributed by atoms with Crippen molar-refractivity contribution in [1.29, 1.82) is 0 Å². The molecular weight excluding hydrogens is 162 g/mol. The first-order valence-corrected chi connectivity index (χ1v) is 5.67. The Hall–Kier alpha value is -0.0800. The molecule has 3 aliphatic rings. The van der Waals surface area contributed by atoms with Crippen molar-refractivity contribution in [2.75, 3.05) is 6.54 Å². The highest BCUT2D eigenvalue weighted by Crippen LogP contribution is 2.52. The van der Waals surface area contributed by atoms with Gasteiger partial charge in [-0.2, -0.15) is 0 Å². The third-order valence-electron chi connectivity index (χ3n) is 4.41. The molecule has 0 N–H and O–H groups in total. The lowest BCUT2D eigenvalue weighted by Gasteiger charge is -2.42. The molecule has 3 unspecified atom stereocenters. The van der Waals surface area contributed by atoms with Gasteiger partial charge in [0.15, 0.2) is 0 Å². The molecule has 0 spiro atoms. The molecule has 3 saturated heterocycles. The lowest BCUT2D eigenvalue weighted by atomic mass is 9.77. The van der Waals surface area contributed by atoms with Crippen LogP contribution in [0.3, 0.4) is 0 Å². The first-order chi connectivity index (χ1) is 6.25. The maximum atomic E-state index is 6.03. The summed E-state index contributed by atoms with van der Waals surface area (Å²) in [7, 11) is 0. The number of ether oxygens (including phenoxy) is 1. The van der Waals surface area contributed by atoms with Crippen molar-refractivity contribution in [1.82, 2.24) is 4.90 Å². The topological polar surface area (TPSA) is 12.5 Å². The van der Waals surface area contributed by atoms with Gasteiger partial charge >= 0.3 is 0 Å². The molecule has 0 aliphatic carbocycles. The van der Waals surface area contributed by atoms with Gasteiger partial charge in [-0.3, -0.25) is 4.90 Å². The Labute approximate surface area is 80.2 Å². The van der Waals surface area contributed by atoms with Gasteiger partial charge < -0.3 is 4.74 Å². The molecule has 0 amide bonds. The van der Waals surface area contributed by atoms with Gasteiger partial charge in [-0.05, 0) is 31.6 Å². The molecule has 2 heteroatoms. The summed E-state index contributed by atoms with van der Waals surface area (Å²) in [4.78, 5) is 2.66. The summed E-state index contributed by atoms with van der Waals surface area (Å²) in [5.41, 5.74) is 0.433. The zero-order valence-electron chi connectivity index (χ0n) is 8.62. The Morgan fingerprint density at radius 1 is 1.38 bits per heavy atom. The minimum Gasteiger partial charge on any atom is -0.358 e. The maximum Gasteiger partial charge on any atom is 0.111 e. The first kappa shape index (κ1) is 8.25. The summed E-state index contributed by atoms with van der Waals surface area (Å²) < 4.78 is 6.03. The van der Waals surface area contributed by atoms with E-state index in [1.165, 1.54) is 32.2 Å². The Balaban J connectivity index is 1.99. The molecule has 3 atom stereocenters. The molecule has 0 saturated carbocycles. The van der Waals surface area contributed by atoms with E-state index in [0.29, 0.717) is 17.9 Å². The van der Waals surface area contributed by atoms with Crippen LogP contribution in [0.5, 0.6) is 0 Å². The van der Waals surface area contributed by atoms with E-state index < -0.39 is 0 Å². The number of hydrogen-bond donors (Lipinski definition) is 0. The molecule has 3 heterocycles. The van der Waals surface area contributed by atoms with E-state index in [0.717, 1.165) is 5.92 Å². The second kappa shape index (κ2) is 2.48. The highest BCUT2D eigenvalue weighted by molar-refractivity contribution is 5.11. The van der Waals surface area contributed by atoms with Crippen LogP contribution in [0.4, 0.5) is 0 Å². The van der Waals surface area contributed by atoms with Crippen LogP contribution in [0.2, 0.25) is 0 Å². The van der Waals surface area contributed by atoms with Gasteiger partial charge in [0.25, 0.3) is 0 Å². The lowest BCUT2D eigenvalue weighted by molar-refractivity contribution is 0.0440. The van der Waals surface area contributed by atoms with Crippen molar-refractivity contribution >= 4 is 0 Å². The largest absolute Gasteiger partial charge is 0.358 e. The van der Waals surface area contributed by atoms with E-state index in [9.17, 15) is 0 Å². The quantitative estimate of drug-likeness (QED) is 0.613. The summed E-state index contributed by atoms with van der Waals surface area (Å²) in [5.74, 6) is 0.755. The van der Waals surface area contributed by atoms with Gasteiger partial charge in [-0.15, -0.1) is 0 Å². The van der Waals surface area contributed by atoms with E-state index in [4.69, 9.17) is 4.74 Å². The van der Waals surface area contributed by atoms with E-state index in [1.807, 2.05) is 0 Å². The fourth-order valence-electron chi connectivity index (χ4n) is 3.85. The van der Waals surface area contributed by atoms with E-state index in [1.54, 1.807) is 0 Å². The molecule has 0 radical (unpaired) electrons. The predicted octanol–water partition coefficient (Wildman–Crippen LogP) is 2.00. The maximum absolute atomic E-state index is 6.03. The summed E-state index contributed by atoms with van der Waals surface area (Å²) in [6.07, 6.45) is 6.37. The molecule has 0 aromatic rings. The summed E-state index contributed by atoms with van der Waals surface area (Å²) in [6, 6.07) is 0. The van der Waals surface area contributed by atoms with Crippen LogP contribution < -0.4 is 0 Å². The average Bonchev–Trinajstić information content (AvgIpc) is 2.76. The van der Waals surface area contributed by atoms with Crippen molar-refractivity contribution in [3.05, 3.63) is 0 Å². The van der Waals surface area contributed by atoms with Crippen LogP contribution in [0.1, 0.15) is 39.5 Å². The number of hydrogen-bond acceptors (Lipinski definition) is 2. The SMILES string of the molecule is CC(C)C12CCCN1C1CCC2O1. The van der Waals surface area contributed by atoms with Crippen LogP contribution in [0.15, 0.2) is 0 Å². The predicted molar refractivity (Wildman–Crippen MR) is 51.4 cm³/mol. The molecule has 2 nitrogen and oxygen atoms in total. The van der Waals surface area contributed by atoms with Crippen LogP contribution in [-0.4, -0.2) is 29.3 Å². The summed E-state index contributed by atoms with van der Waals surface area (Å²) in [5, 5.41) is 0. The van der Waals surface area contributed by atoms with Crippen LogP contribution in [-0.2, 0) is 4.74 Å². The summed E-state index contributed by atoms with van der Waals surface area (Å²) >= 11 is 0. The van der Waals surface area contributed by atoms with Crippen molar-refractivity contribution in [3.63, 3.8) is 0 Å². The second-order valence-electron chi connectivity index (χ2n) is 5.10. The van der Waals surface area contributed by atoms with E-state index >= 15 is 0 Å². The first-order valence-electron chi connectivity index (χ1n) is 5.67. The second-order valence-corrected chi connectivity index (χ2v) is 5.10. The van der Waals surface area contributed by atoms with Crippen molar-refractivity contribution in [2.24, 2.45) is 5.92 Å². The molecule has 3 fully saturated rings. The number of fused-ring (bicyclic) bond motifs is 5. The molecule has 74 valence electrons. The fourth-order valence-corrected chi connectivity index (χ4v) is 3.85. The van der Waals surface area contributed by atoms with E-state index in [2.05, 4.69) is 18.7 Å². The standard InChI is InChI=1S/C11H19NO/c1-8(2)11-6-3-7-12(11)10-5-4-9(11)13-10/h8-10H,3-7H2,1-2H3. The van der Waals surface area contributed by atoms with Crippen LogP contribution in [0.25, 0.3) is 0 Å². The zero-order valence-corrected chi connectivity index (χ0v) is 8.62. The molecule has 3 rings (SSSR count). The third kappa shape index (κ3) is 0.816.